The molecule has 4 nitrogen and oxygen atoms in total. The van der Waals surface area contributed by atoms with Crippen LogP contribution in [0.5, 0.6) is 0 Å². The minimum atomic E-state index is 0. The first-order valence-electron chi connectivity index (χ1n) is 8.28. The highest BCUT2D eigenvalue weighted by molar-refractivity contribution is 14.0. The van der Waals surface area contributed by atoms with E-state index in [-0.39, 0.29) is 24.0 Å². The predicted octanol–water partition coefficient (Wildman–Crippen LogP) is 2.94. The third-order valence-electron chi connectivity index (χ3n) is 3.92. The van der Waals surface area contributed by atoms with Gasteiger partial charge in [0.25, 0.3) is 0 Å². The molecule has 1 heterocycles. The number of likely N-dealkylation sites (tertiary alicyclic amines) is 1. The Morgan fingerprint density at radius 2 is 2.00 bits per heavy atom. The number of nitrogens with one attached hydrogen (secondary N) is 2. The van der Waals surface area contributed by atoms with Crippen molar-refractivity contribution in [2.24, 2.45) is 16.8 Å². The van der Waals surface area contributed by atoms with E-state index in [2.05, 4.69) is 41.3 Å². The molecule has 21 heavy (non-hydrogen) atoms. The molecule has 1 aliphatic rings. The molecule has 0 aromatic carbocycles. The van der Waals surface area contributed by atoms with E-state index < -0.39 is 0 Å². The number of hydrogen-bond donors (Lipinski definition) is 2. The van der Waals surface area contributed by atoms with Gasteiger partial charge in [-0.05, 0) is 50.6 Å². The second-order valence-electron chi connectivity index (χ2n) is 6.51. The van der Waals surface area contributed by atoms with Crippen LogP contribution >= 0.6 is 24.0 Å². The van der Waals surface area contributed by atoms with Crippen molar-refractivity contribution in [2.75, 3.05) is 39.8 Å². The molecule has 1 unspecified atom stereocenters. The molecule has 0 aromatic rings. The van der Waals surface area contributed by atoms with Crippen molar-refractivity contribution < 1.29 is 0 Å². The summed E-state index contributed by atoms with van der Waals surface area (Å²) in [5.41, 5.74) is 0. The minimum absolute atomic E-state index is 0. The molecular weight excluding hydrogens is 375 g/mol. The Hall–Kier alpha value is -0.0400. The van der Waals surface area contributed by atoms with Crippen molar-refractivity contribution in [1.29, 1.82) is 0 Å². The lowest BCUT2D eigenvalue weighted by molar-refractivity contribution is 0.182. The van der Waals surface area contributed by atoms with E-state index in [0.717, 1.165) is 30.9 Å². The summed E-state index contributed by atoms with van der Waals surface area (Å²) in [5, 5.41) is 6.78. The van der Waals surface area contributed by atoms with Crippen LogP contribution in [0.15, 0.2) is 4.99 Å². The van der Waals surface area contributed by atoms with Gasteiger partial charge in [-0.1, -0.05) is 20.8 Å². The quantitative estimate of drug-likeness (QED) is 0.294. The Balaban J connectivity index is 0.00000400. The second-order valence-corrected chi connectivity index (χ2v) is 6.51. The first kappa shape index (κ1) is 21.0. The Morgan fingerprint density at radius 1 is 1.29 bits per heavy atom. The molecule has 126 valence electrons. The fourth-order valence-electron chi connectivity index (χ4n) is 2.70. The van der Waals surface area contributed by atoms with Crippen LogP contribution in [0.3, 0.4) is 0 Å². The highest BCUT2D eigenvalue weighted by Gasteiger charge is 2.15. The van der Waals surface area contributed by atoms with Gasteiger partial charge in [0.15, 0.2) is 5.96 Å². The van der Waals surface area contributed by atoms with E-state index in [1.54, 1.807) is 0 Å². The number of piperidine rings is 1. The fourth-order valence-corrected chi connectivity index (χ4v) is 2.70. The average molecular weight is 410 g/mol. The highest BCUT2D eigenvalue weighted by Crippen LogP contribution is 2.15. The van der Waals surface area contributed by atoms with E-state index >= 15 is 0 Å². The average Bonchev–Trinajstić information content (AvgIpc) is 2.41. The zero-order valence-corrected chi connectivity index (χ0v) is 16.7. The van der Waals surface area contributed by atoms with Crippen LogP contribution in [0.1, 0.15) is 46.5 Å². The Labute approximate surface area is 148 Å². The van der Waals surface area contributed by atoms with Gasteiger partial charge in [-0.3, -0.25) is 4.99 Å². The molecule has 1 atom stereocenters. The summed E-state index contributed by atoms with van der Waals surface area (Å²) in [6.45, 7) is 12.6. The summed E-state index contributed by atoms with van der Waals surface area (Å²) in [4.78, 5) is 6.86. The van der Waals surface area contributed by atoms with Crippen molar-refractivity contribution in [1.82, 2.24) is 15.5 Å². The molecule has 0 spiro atoms. The maximum Gasteiger partial charge on any atom is 0.190 e. The van der Waals surface area contributed by atoms with Crippen LogP contribution in [0.4, 0.5) is 0 Å². The summed E-state index contributed by atoms with van der Waals surface area (Å²) in [6.07, 6.45) is 5.15. The van der Waals surface area contributed by atoms with Crippen molar-refractivity contribution in [2.45, 2.75) is 46.5 Å². The zero-order valence-electron chi connectivity index (χ0n) is 14.3. The first-order valence-corrected chi connectivity index (χ1v) is 8.28. The lowest BCUT2D eigenvalue weighted by atomic mass is 10.0. The topological polar surface area (TPSA) is 39.7 Å². The van der Waals surface area contributed by atoms with Crippen molar-refractivity contribution in [3.63, 3.8) is 0 Å². The molecule has 2 N–H and O–H groups in total. The number of halogens is 1. The van der Waals surface area contributed by atoms with Crippen LogP contribution in [0.2, 0.25) is 0 Å². The molecule has 1 saturated heterocycles. The standard InChI is InChI=1S/C16H34N4.HI/c1-14(2)8-10-19-16(17-4)18-9-6-12-20-11-5-7-15(3)13-20;/h14-15H,5-13H2,1-4H3,(H2,17,18,19);1H. The van der Waals surface area contributed by atoms with E-state index in [1.165, 1.54) is 45.3 Å². The Bertz CT molecular complexity index is 281. The largest absolute Gasteiger partial charge is 0.356 e. The molecule has 1 rings (SSSR count). The van der Waals surface area contributed by atoms with Crippen molar-refractivity contribution in [3.8, 4) is 0 Å². The third-order valence-corrected chi connectivity index (χ3v) is 3.92. The first-order chi connectivity index (χ1) is 9.61. The maximum absolute atomic E-state index is 4.26. The Kier molecular flexibility index (Phi) is 12.5. The SMILES string of the molecule is CN=C(NCCCN1CCCC(C)C1)NCCC(C)C.I. The molecule has 0 amide bonds. The lowest BCUT2D eigenvalue weighted by Crippen LogP contribution is -2.40. The monoisotopic (exact) mass is 410 g/mol. The predicted molar refractivity (Wildman–Crippen MR) is 104 cm³/mol. The summed E-state index contributed by atoms with van der Waals surface area (Å²) >= 11 is 0. The third kappa shape index (κ3) is 10.3. The van der Waals surface area contributed by atoms with Crippen molar-refractivity contribution >= 4 is 29.9 Å². The van der Waals surface area contributed by atoms with Gasteiger partial charge in [0.05, 0.1) is 0 Å². The van der Waals surface area contributed by atoms with Crippen LogP contribution in [0, 0.1) is 11.8 Å². The van der Waals surface area contributed by atoms with Gasteiger partial charge in [0.2, 0.25) is 0 Å². The summed E-state index contributed by atoms with van der Waals surface area (Å²) in [5.74, 6) is 2.56. The van der Waals surface area contributed by atoms with E-state index in [4.69, 9.17) is 0 Å². The number of rotatable bonds is 7. The summed E-state index contributed by atoms with van der Waals surface area (Å²) in [6, 6.07) is 0. The van der Waals surface area contributed by atoms with E-state index in [1.807, 2.05) is 7.05 Å². The number of aliphatic imine (C=N–C) groups is 1. The lowest BCUT2D eigenvalue weighted by Gasteiger charge is -2.30. The van der Waals surface area contributed by atoms with Gasteiger partial charge in [-0.15, -0.1) is 24.0 Å². The van der Waals surface area contributed by atoms with Crippen molar-refractivity contribution in [3.05, 3.63) is 0 Å². The summed E-state index contributed by atoms with van der Waals surface area (Å²) < 4.78 is 0. The summed E-state index contributed by atoms with van der Waals surface area (Å²) in [7, 11) is 1.84. The smallest absolute Gasteiger partial charge is 0.190 e. The molecular formula is C16H35IN4. The molecule has 0 saturated carbocycles. The minimum Gasteiger partial charge on any atom is -0.356 e. The number of hydrogen-bond acceptors (Lipinski definition) is 2. The highest BCUT2D eigenvalue weighted by atomic mass is 127. The van der Waals surface area contributed by atoms with Gasteiger partial charge >= 0.3 is 0 Å². The molecule has 0 radical (unpaired) electrons. The maximum atomic E-state index is 4.26. The van der Waals surface area contributed by atoms with Gasteiger partial charge < -0.3 is 15.5 Å². The zero-order chi connectivity index (χ0) is 14.8. The van der Waals surface area contributed by atoms with Gasteiger partial charge in [-0.25, -0.2) is 0 Å². The Morgan fingerprint density at radius 3 is 2.62 bits per heavy atom. The fraction of sp³-hybridized carbons (Fsp3) is 0.938. The van der Waals surface area contributed by atoms with Gasteiger partial charge in [0, 0.05) is 26.7 Å². The second kappa shape index (κ2) is 12.5. The molecule has 0 aromatic heterocycles. The molecule has 5 heteroatoms. The van der Waals surface area contributed by atoms with E-state index in [0.29, 0.717) is 0 Å². The van der Waals surface area contributed by atoms with Crippen LogP contribution in [-0.2, 0) is 0 Å². The van der Waals surface area contributed by atoms with Gasteiger partial charge in [0.1, 0.15) is 0 Å². The van der Waals surface area contributed by atoms with Crippen LogP contribution in [0.25, 0.3) is 0 Å². The van der Waals surface area contributed by atoms with E-state index in [9.17, 15) is 0 Å². The number of guanidine groups is 1. The van der Waals surface area contributed by atoms with Crippen LogP contribution in [-0.4, -0.2) is 50.6 Å². The molecule has 1 fully saturated rings. The number of nitrogens with zero attached hydrogens (tertiary/aromatic N) is 2. The molecule has 1 aliphatic heterocycles. The molecule has 0 bridgehead atoms. The molecule has 0 aliphatic carbocycles. The normalized spacial score (nSPS) is 20.2. The van der Waals surface area contributed by atoms with Gasteiger partial charge in [-0.2, -0.15) is 0 Å². The van der Waals surface area contributed by atoms with Crippen LogP contribution < -0.4 is 10.6 Å².